The van der Waals surface area contributed by atoms with Crippen molar-refractivity contribution in [2.75, 3.05) is 0 Å². The van der Waals surface area contributed by atoms with Gasteiger partial charge in [-0.3, -0.25) is 0 Å². The molecule has 1 atom stereocenters. The molecule has 0 bridgehead atoms. The molecule has 0 amide bonds. The molecule has 0 saturated heterocycles. The van der Waals surface area contributed by atoms with Gasteiger partial charge in [-0.1, -0.05) is 12.1 Å². The predicted molar refractivity (Wildman–Crippen MR) is 74.9 cm³/mol. The van der Waals surface area contributed by atoms with E-state index in [1.54, 1.807) is 24.4 Å². The molecule has 3 rings (SSSR count). The number of alkyl halides is 2. The fraction of sp³-hybridized carbons (Fsp3) is 0.400. The summed E-state index contributed by atoms with van der Waals surface area (Å²) in [4.78, 5) is 7.54. The van der Waals surface area contributed by atoms with Crippen LogP contribution in [0.15, 0.2) is 30.5 Å². The molecule has 1 aliphatic rings. The second kappa shape index (κ2) is 5.11. The molecule has 4 nitrogen and oxygen atoms in total. The van der Waals surface area contributed by atoms with Crippen LogP contribution in [0.25, 0.3) is 11.3 Å². The van der Waals surface area contributed by atoms with Crippen molar-refractivity contribution >= 4 is 0 Å². The van der Waals surface area contributed by atoms with E-state index >= 15 is 0 Å². The van der Waals surface area contributed by atoms with E-state index in [1.165, 1.54) is 6.07 Å². The van der Waals surface area contributed by atoms with Gasteiger partial charge in [-0.15, -0.1) is 0 Å². The molecule has 112 valence electrons. The number of hydrogen-bond acceptors (Lipinski definition) is 3. The van der Waals surface area contributed by atoms with E-state index in [0.29, 0.717) is 5.92 Å². The van der Waals surface area contributed by atoms with Crippen molar-refractivity contribution in [1.29, 1.82) is 0 Å². The molecule has 1 aliphatic carbocycles. The number of nitrogens with zero attached hydrogens (tertiary/aromatic N) is 1. The Balaban J connectivity index is 1.86. The van der Waals surface area contributed by atoms with Gasteiger partial charge in [0.25, 0.3) is 0 Å². The fourth-order valence-electron chi connectivity index (χ4n) is 2.46. The standard InChI is InChI=1S/C15H17F2N3O/c1-15(18,10-5-6-10)13-19-8-12(20-13)9-3-2-4-11(7-9)21-14(16)17/h2-4,7-8,10,14H,5-6,18H2,1H3,(H,19,20). The zero-order valence-corrected chi connectivity index (χ0v) is 11.6. The molecule has 1 fully saturated rings. The molecule has 1 aromatic carbocycles. The second-order valence-corrected chi connectivity index (χ2v) is 5.61. The summed E-state index contributed by atoms with van der Waals surface area (Å²) in [5.74, 6) is 1.29. The smallest absolute Gasteiger partial charge is 0.387 e. The van der Waals surface area contributed by atoms with E-state index in [1.807, 2.05) is 6.92 Å². The highest BCUT2D eigenvalue weighted by Crippen LogP contribution is 2.43. The normalized spacial score (nSPS) is 17.8. The molecule has 0 spiro atoms. The summed E-state index contributed by atoms with van der Waals surface area (Å²) in [6.45, 7) is -0.872. The van der Waals surface area contributed by atoms with E-state index in [-0.39, 0.29) is 5.75 Å². The molecule has 1 unspecified atom stereocenters. The molecule has 3 N–H and O–H groups in total. The summed E-state index contributed by atoms with van der Waals surface area (Å²) < 4.78 is 28.9. The minimum atomic E-state index is -2.83. The molecule has 1 heterocycles. The summed E-state index contributed by atoms with van der Waals surface area (Å²) in [5, 5.41) is 0. The van der Waals surface area contributed by atoms with Gasteiger partial charge in [0, 0.05) is 5.56 Å². The Morgan fingerprint density at radius 2 is 2.19 bits per heavy atom. The van der Waals surface area contributed by atoms with Crippen molar-refractivity contribution in [1.82, 2.24) is 9.97 Å². The second-order valence-electron chi connectivity index (χ2n) is 5.61. The van der Waals surface area contributed by atoms with Crippen LogP contribution in [0.2, 0.25) is 0 Å². The van der Waals surface area contributed by atoms with Gasteiger partial charge in [-0.05, 0) is 37.8 Å². The molecular formula is C15H17F2N3O. The van der Waals surface area contributed by atoms with E-state index in [2.05, 4.69) is 14.7 Å². The first-order chi connectivity index (χ1) is 9.96. The number of benzene rings is 1. The number of ether oxygens (including phenoxy) is 1. The lowest BCUT2D eigenvalue weighted by atomic mass is 9.97. The predicted octanol–water partition coefficient (Wildman–Crippen LogP) is 3.26. The maximum atomic E-state index is 12.3. The zero-order valence-electron chi connectivity index (χ0n) is 11.6. The summed E-state index contributed by atoms with van der Waals surface area (Å²) in [6.07, 6.45) is 3.89. The Morgan fingerprint density at radius 1 is 1.43 bits per heavy atom. The molecule has 1 saturated carbocycles. The van der Waals surface area contributed by atoms with Crippen LogP contribution in [0.3, 0.4) is 0 Å². The maximum Gasteiger partial charge on any atom is 0.387 e. The lowest BCUT2D eigenvalue weighted by Gasteiger charge is -2.21. The Hall–Kier alpha value is -1.95. The fourth-order valence-corrected chi connectivity index (χ4v) is 2.46. The van der Waals surface area contributed by atoms with Crippen LogP contribution < -0.4 is 10.5 Å². The topological polar surface area (TPSA) is 63.9 Å². The Labute approximate surface area is 121 Å². The highest BCUT2D eigenvalue weighted by atomic mass is 19.3. The quantitative estimate of drug-likeness (QED) is 0.889. The molecule has 21 heavy (non-hydrogen) atoms. The van der Waals surface area contributed by atoms with Gasteiger partial charge < -0.3 is 15.5 Å². The van der Waals surface area contributed by atoms with Crippen LogP contribution >= 0.6 is 0 Å². The number of rotatable bonds is 5. The van der Waals surface area contributed by atoms with E-state index < -0.39 is 12.2 Å². The van der Waals surface area contributed by atoms with Crippen LogP contribution in [0, 0.1) is 5.92 Å². The van der Waals surface area contributed by atoms with E-state index in [4.69, 9.17) is 5.73 Å². The zero-order chi connectivity index (χ0) is 15.0. The lowest BCUT2D eigenvalue weighted by molar-refractivity contribution is -0.0498. The van der Waals surface area contributed by atoms with E-state index in [0.717, 1.165) is 29.9 Å². The minimum Gasteiger partial charge on any atom is -0.435 e. The van der Waals surface area contributed by atoms with Crippen molar-refractivity contribution in [3.05, 3.63) is 36.3 Å². The number of hydrogen-bond donors (Lipinski definition) is 2. The van der Waals surface area contributed by atoms with Crippen LogP contribution in [-0.4, -0.2) is 16.6 Å². The van der Waals surface area contributed by atoms with Crippen molar-refractivity contribution < 1.29 is 13.5 Å². The number of H-pyrrole nitrogens is 1. The minimum absolute atomic E-state index is 0.122. The summed E-state index contributed by atoms with van der Waals surface area (Å²) in [6, 6.07) is 6.51. The van der Waals surface area contributed by atoms with Gasteiger partial charge in [0.2, 0.25) is 0 Å². The Morgan fingerprint density at radius 3 is 2.86 bits per heavy atom. The van der Waals surface area contributed by atoms with Gasteiger partial charge in [0.05, 0.1) is 17.4 Å². The van der Waals surface area contributed by atoms with Gasteiger partial charge in [0.1, 0.15) is 11.6 Å². The van der Waals surface area contributed by atoms with Crippen LogP contribution in [0.1, 0.15) is 25.6 Å². The highest BCUT2D eigenvalue weighted by molar-refractivity contribution is 5.60. The van der Waals surface area contributed by atoms with Crippen LogP contribution in [0.5, 0.6) is 5.75 Å². The number of aromatic amines is 1. The monoisotopic (exact) mass is 293 g/mol. The van der Waals surface area contributed by atoms with Crippen molar-refractivity contribution in [2.24, 2.45) is 11.7 Å². The maximum absolute atomic E-state index is 12.3. The number of halogens is 2. The molecular weight excluding hydrogens is 276 g/mol. The summed E-state index contributed by atoms with van der Waals surface area (Å²) >= 11 is 0. The Kier molecular flexibility index (Phi) is 3.41. The average Bonchev–Trinajstić information content (AvgIpc) is 3.16. The molecule has 0 radical (unpaired) electrons. The first kappa shape index (κ1) is 14.0. The van der Waals surface area contributed by atoms with Crippen LogP contribution in [-0.2, 0) is 5.54 Å². The van der Waals surface area contributed by atoms with Crippen LogP contribution in [0.4, 0.5) is 8.78 Å². The van der Waals surface area contributed by atoms with Crippen molar-refractivity contribution in [3.8, 4) is 17.0 Å². The van der Waals surface area contributed by atoms with Crippen molar-refractivity contribution in [3.63, 3.8) is 0 Å². The van der Waals surface area contributed by atoms with E-state index in [9.17, 15) is 8.78 Å². The largest absolute Gasteiger partial charge is 0.435 e. The number of nitrogens with two attached hydrogens (primary N) is 1. The molecule has 2 aromatic rings. The Bertz CT molecular complexity index is 635. The molecule has 6 heteroatoms. The first-order valence-corrected chi connectivity index (χ1v) is 6.86. The molecule has 1 aromatic heterocycles. The average molecular weight is 293 g/mol. The first-order valence-electron chi connectivity index (χ1n) is 6.86. The summed E-state index contributed by atoms with van der Waals surface area (Å²) in [7, 11) is 0. The number of aromatic nitrogens is 2. The molecule has 0 aliphatic heterocycles. The van der Waals surface area contributed by atoms with Gasteiger partial charge >= 0.3 is 6.61 Å². The van der Waals surface area contributed by atoms with Gasteiger partial charge in [-0.25, -0.2) is 4.98 Å². The summed E-state index contributed by atoms with van der Waals surface area (Å²) in [5.41, 5.74) is 7.31. The third kappa shape index (κ3) is 2.90. The lowest BCUT2D eigenvalue weighted by Crippen LogP contribution is -2.36. The number of imidazole rings is 1. The van der Waals surface area contributed by atoms with Crippen molar-refractivity contribution in [2.45, 2.75) is 31.9 Å². The third-order valence-corrected chi connectivity index (χ3v) is 3.88. The third-order valence-electron chi connectivity index (χ3n) is 3.88. The van der Waals surface area contributed by atoms with Gasteiger partial charge in [-0.2, -0.15) is 8.78 Å². The SMILES string of the molecule is CC(N)(c1ncc(-c2cccc(OC(F)F)c2)[nH]1)C1CC1. The highest BCUT2D eigenvalue weighted by Gasteiger charge is 2.41. The number of nitrogens with one attached hydrogen (secondary N) is 1. The van der Waals surface area contributed by atoms with Gasteiger partial charge in [0.15, 0.2) is 0 Å².